The Kier molecular flexibility index (Phi) is 7.80. The molecule has 7 nitrogen and oxygen atoms in total. The van der Waals surface area contributed by atoms with Crippen LogP contribution in [-0.2, 0) is 0 Å². The molecule has 1 aliphatic heterocycles. The van der Waals surface area contributed by atoms with Gasteiger partial charge < -0.3 is 19.5 Å². The lowest BCUT2D eigenvalue weighted by Crippen LogP contribution is -2.48. The van der Waals surface area contributed by atoms with Crippen molar-refractivity contribution in [3.8, 4) is 17.1 Å². The zero-order valence-electron chi connectivity index (χ0n) is 19.5. The molecule has 0 unspecified atom stereocenters. The Labute approximate surface area is 199 Å². The van der Waals surface area contributed by atoms with Crippen molar-refractivity contribution in [1.29, 1.82) is 0 Å². The van der Waals surface area contributed by atoms with Gasteiger partial charge in [0, 0.05) is 49.2 Å². The second-order valence-electron chi connectivity index (χ2n) is 8.89. The van der Waals surface area contributed by atoms with E-state index in [9.17, 15) is 4.79 Å². The standard InChI is InChI=1S/C25H32N4O3S/c1-18(2)17-31-20-8-6-19(7-9-20)23-15-21(27-32-23)25(30)26-16-22(24-5-4-14-33-24)29-12-10-28(3)11-13-29/h4-9,14-15,18,22H,10-13,16-17H2,1-3H3,(H,26,30)/t22-/m1/s1. The lowest BCUT2D eigenvalue weighted by atomic mass is 10.1. The number of thiophene rings is 1. The van der Waals surface area contributed by atoms with E-state index in [1.165, 1.54) is 4.88 Å². The van der Waals surface area contributed by atoms with Crippen LogP contribution in [0.25, 0.3) is 11.3 Å². The molecular weight excluding hydrogens is 436 g/mol. The molecule has 1 N–H and O–H groups in total. The van der Waals surface area contributed by atoms with Crippen LogP contribution in [0.5, 0.6) is 5.75 Å². The molecule has 0 bridgehead atoms. The number of likely N-dealkylation sites (N-methyl/N-ethyl adjacent to an activating group) is 1. The third-order valence-electron chi connectivity index (χ3n) is 5.77. The summed E-state index contributed by atoms with van der Waals surface area (Å²) in [5.74, 6) is 1.62. The molecule has 0 saturated carbocycles. The summed E-state index contributed by atoms with van der Waals surface area (Å²) in [5.41, 5.74) is 1.14. The number of hydrogen-bond donors (Lipinski definition) is 1. The molecule has 8 heteroatoms. The molecule has 1 saturated heterocycles. The van der Waals surface area contributed by atoms with Gasteiger partial charge in [0.2, 0.25) is 0 Å². The van der Waals surface area contributed by atoms with Gasteiger partial charge in [-0.25, -0.2) is 0 Å². The molecule has 1 atom stereocenters. The molecule has 1 aliphatic rings. The monoisotopic (exact) mass is 468 g/mol. The van der Waals surface area contributed by atoms with Gasteiger partial charge in [0.05, 0.1) is 12.6 Å². The van der Waals surface area contributed by atoms with Gasteiger partial charge in [0.1, 0.15) is 5.75 Å². The average Bonchev–Trinajstić information content (AvgIpc) is 3.52. The van der Waals surface area contributed by atoms with Gasteiger partial charge in [-0.05, 0) is 48.7 Å². The van der Waals surface area contributed by atoms with Crippen LogP contribution < -0.4 is 10.1 Å². The molecule has 3 aromatic rings. The second-order valence-corrected chi connectivity index (χ2v) is 9.87. The van der Waals surface area contributed by atoms with Crippen LogP contribution in [0.1, 0.15) is 35.3 Å². The minimum absolute atomic E-state index is 0.160. The van der Waals surface area contributed by atoms with Gasteiger partial charge in [-0.1, -0.05) is 25.1 Å². The van der Waals surface area contributed by atoms with Crippen molar-refractivity contribution in [2.24, 2.45) is 5.92 Å². The Morgan fingerprint density at radius 3 is 2.61 bits per heavy atom. The molecule has 176 valence electrons. The molecule has 0 spiro atoms. The van der Waals surface area contributed by atoms with Crippen LogP contribution in [0, 0.1) is 5.92 Å². The molecule has 2 aromatic heterocycles. The van der Waals surface area contributed by atoms with Crippen LogP contribution in [-0.4, -0.2) is 67.2 Å². The first-order valence-electron chi connectivity index (χ1n) is 11.4. The molecule has 4 rings (SSSR count). The average molecular weight is 469 g/mol. The zero-order valence-corrected chi connectivity index (χ0v) is 20.3. The van der Waals surface area contributed by atoms with Crippen LogP contribution in [0.15, 0.2) is 52.4 Å². The van der Waals surface area contributed by atoms with E-state index in [1.54, 1.807) is 17.4 Å². The number of benzene rings is 1. The number of nitrogens with one attached hydrogen (secondary N) is 1. The Morgan fingerprint density at radius 1 is 1.18 bits per heavy atom. The Balaban J connectivity index is 1.37. The fourth-order valence-electron chi connectivity index (χ4n) is 3.80. The Hall–Kier alpha value is -2.68. The number of carbonyl (C=O) groups is 1. The number of amides is 1. The van der Waals surface area contributed by atoms with E-state index in [1.807, 2.05) is 24.3 Å². The molecule has 3 heterocycles. The molecule has 33 heavy (non-hydrogen) atoms. The molecule has 0 radical (unpaired) electrons. The molecule has 1 fully saturated rings. The summed E-state index contributed by atoms with van der Waals surface area (Å²) in [6, 6.07) is 13.7. The summed E-state index contributed by atoms with van der Waals surface area (Å²) in [5, 5.41) is 9.16. The number of hydrogen-bond acceptors (Lipinski definition) is 7. The maximum atomic E-state index is 12.8. The first kappa shape index (κ1) is 23.5. The van der Waals surface area contributed by atoms with Crippen molar-refractivity contribution < 1.29 is 14.1 Å². The van der Waals surface area contributed by atoms with Gasteiger partial charge in [-0.3, -0.25) is 9.69 Å². The number of nitrogens with zero attached hydrogens (tertiary/aromatic N) is 3. The second kappa shape index (κ2) is 11.0. The summed E-state index contributed by atoms with van der Waals surface area (Å²) in [7, 11) is 2.15. The first-order chi connectivity index (χ1) is 16.0. The number of ether oxygens (including phenoxy) is 1. The predicted molar refractivity (Wildman–Crippen MR) is 131 cm³/mol. The highest BCUT2D eigenvalue weighted by atomic mass is 32.1. The van der Waals surface area contributed by atoms with Crippen LogP contribution in [0.4, 0.5) is 0 Å². The summed E-state index contributed by atoms with van der Waals surface area (Å²) in [4.78, 5) is 18.9. The zero-order chi connectivity index (χ0) is 23.2. The lowest BCUT2D eigenvalue weighted by molar-refractivity contribution is 0.0882. The number of rotatable bonds is 9. The summed E-state index contributed by atoms with van der Waals surface area (Å²) in [6.45, 7) is 9.47. The van der Waals surface area contributed by atoms with E-state index in [4.69, 9.17) is 9.26 Å². The first-order valence-corrected chi connectivity index (χ1v) is 12.3. The lowest BCUT2D eigenvalue weighted by Gasteiger charge is -2.37. The predicted octanol–water partition coefficient (Wildman–Crippen LogP) is 4.16. The van der Waals surface area contributed by atoms with Crippen molar-refractivity contribution in [3.63, 3.8) is 0 Å². The highest BCUT2D eigenvalue weighted by Gasteiger charge is 2.25. The normalized spacial score (nSPS) is 16.1. The number of piperazine rings is 1. The molecule has 0 aliphatic carbocycles. The van der Waals surface area contributed by atoms with Gasteiger partial charge in [0.25, 0.3) is 5.91 Å². The summed E-state index contributed by atoms with van der Waals surface area (Å²) < 4.78 is 11.2. The van der Waals surface area contributed by atoms with Gasteiger partial charge in [-0.15, -0.1) is 11.3 Å². The van der Waals surface area contributed by atoms with Crippen molar-refractivity contribution in [3.05, 3.63) is 58.4 Å². The maximum absolute atomic E-state index is 12.8. The Morgan fingerprint density at radius 2 is 1.94 bits per heavy atom. The minimum atomic E-state index is -0.224. The molecular formula is C25H32N4O3S. The van der Waals surface area contributed by atoms with Crippen LogP contribution in [0.3, 0.4) is 0 Å². The molecule has 1 amide bonds. The van der Waals surface area contributed by atoms with Crippen LogP contribution in [0.2, 0.25) is 0 Å². The number of carbonyl (C=O) groups excluding carboxylic acids is 1. The van der Waals surface area contributed by atoms with Crippen LogP contribution >= 0.6 is 11.3 Å². The fraction of sp³-hybridized carbons (Fsp3) is 0.440. The number of aromatic nitrogens is 1. The maximum Gasteiger partial charge on any atom is 0.273 e. The van der Waals surface area contributed by atoms with E-state index in [2.05, 4.69) is 58.7 Å². The topological polar surface area (TPSA) is 70.8 Å². The Bertz CT molecular complexity index is 1010. The van der Waals surface area contributed by atoms with E-state index in [-0.39, 0.29) is 17.6 Å². The third kappa shape index (κ3) is 6.22. The van der Waals surface area contributed by atoms with E-state index >= 15 is 0 Å². The van der Waals surface area contributed by atoms with Crippen molar-refractivity contribution >= 4 is 17.2 Å². The summed E-state index contributed by atoms with van der Waals surface area (Å²) in [6.07, 6.45) is 0. The van der Waals surface area contributed by atoms with E-state index in [0.717, 1.165) is 37.5 Å². The van der Waals surface area contributed by atoms with Crippen molar-refractivity contribution in [1.82, 2.24) is 20.3 Å². The van der Waals surface area contributed by atoms with Gasteiger partial charge in [-0.2, -0.15) is 0 Å². The van der Waals surface area contributed by atoms with E-state index < -0.39 is 0 Å². The SMILES string of the molecule is CC(C)COc1ccc(-c2cc(C(=O)NC[C@H](c3cccs3)N3CCN(C)CC3)no2)cc1. The summed E-state index contributed by atoms with van der Waals surface area (Å²) >= 11 is 1.73. The molecule has 1 aromatic carbocycles. The van der Waals surface area contributed by atoms with Crippen molar-refractivity contribution in [2.45, 2.75) is 19.9 Å². The van der Waals surface area contributed by atoms with E-state index in [0.29, 0.717) is 24.8 Å². The highest BCUT2D eigenvalue weighted by Crippen LogP contribution is 2.26. The fourth-order valence-corrected chi connectivity index (χ4v) is 4.66. The highest BCUT2D eigenvalue weighted by molar-refractivity contribution is 7.10. The van der Waals surface area contributed by atoms with Crippen molar-refractivity contribution in [2.75, 3.05) is 46.4 Å². The third-order valence-corrected chi connectivity index (χ3v) is 6.74. The minimum Gasteiger partial charge on any atom is -0.493 e. The largest absolute Gasteiger partial charge is 0.493 e. The quantitative estimate of drug-likeness (QED) is 0.509. The van der Waals surface area contributed by atoms with Gasteiger partial charge in [0.15, 0.2) is 11.5 Å². The smallest absolute Gasteiger partial charge is 0.273 e. The van der Waals surface area contributed by atoms with Gasteiger partial charge >= 0.3 is 0 Å².